The summed E-state index contributed by atoms with van der Waals surface area (Å²) in [7, 11) is 0. The highest BCUT2D eigenvalue weighted by Gasteiger charge is 2.16. The predicted molar refractivity (Wildman–Crippen MR) is 66.2 cm³/mol. The van der Waals surface area contributed by atoms with Gasteiger partial charge in [0, 0.05) is 5.56 Å². The summed E-state index contributed by atoms with van der Waals surface area (Å²) in [4.78, 5) is 17.0. The first-order valence-corrected chi connectivity index (χ1v) is 6.05. The van der Waals surface area contributed by atoms with Crippen molar-refractivity contribution in [3.63, 3.8) is 0 Å². The van der Waals surface area contributed by atoms with Crippen molar-refractivity contribution in [2.75, 3.05) is 0 Å². The molecule has 88 valence electrons. The Kier molecular flexibility index (Phi) is 3.07. The minimum Gasteiger partial charge on any atom is -0.288 e. The fraction of sp³-hybridized carbons (Fsp3) is 0.231. The molecule has 1 aromatic carbocycles. The zero-order valence-electron chi connectivity index (χ0n) is 9.87. The molecule has 1 heterocycles. The van der Waals surface area contributed by atoms with Crippen molar-refractivity contribution >= 4 is 17.1 Å². The van der Waals surface area contributed by atoms with Crippen LogP contribution in [0.25, 0.3) is 0 Å². The molecule has 2 rings (SSSR count). The molecule has 0 aliphatic carbocycles. The first-order valence-electron chi connectivity index (χ1n) is 5.23. The SMILES string of the molecule is Cc1cc(F)cc(C(=O)c2sc(C)nc2C)c1. The molecule has 17 heavy (non-hydrogen) atoms. The fourth-order valence-electron chi connectivity index (χ4n) is 1.74. The molecule has 0 bridgehead atoms. The third-order valence-corrected chi connectivity index (χ3v) is 3.49. The minimum absolute atomic E-state index is 0.157. The van der Waals surface area contributed by atoms with Gasteiger partial charge in [0.05, 0.1) is 15.6 Å². The topological polar surface area (TPSA) is 30.0 Å². The molecule has 0 N–H and O–H groups in total. The van der Waals surface area contributed by atoms with E-state index in [0.29, 0.717) is 16.1 Å². The Balaban J connectivity index is 2.47. The van der Waals surface area contributed by atoms with Crippen LogP contribution in [0.1, 0.15) is 31.5 Å². The van der Waals surface area contributed by atoms with Crippen LogP contribution < -0.4 is 0 Å². The molecule has 1 aromatic heterocycles. The summed E-state index contributed by atoms with van der Waals surface area (Å²) in [5.74, 6) is -0.539. The molecule has 0 aliphatic rings. The summed E-state index contributed by atoms with van der Waals surface area (Å²) in [6, 6.07) is 4.37. The van der Waals surface area contributed by atoms with Gasteiger partial charge in [-0.3, -0.25) is 4.79 Å². The van der Waals surface area contributed by atoms with Crippen LogP contribution in [0.2, 0.25) is 0 Å². The molecule has 2 nitrogen and oxygen atoms in total. The van der Waals surface area contributed by atoms with E-state index in [1.54, 1.807) is 19.9 Å². The summed E-state index contributed by atoms with van der Waals surface area (Å²) in [6.45, 7) is 5.42. The van der Waals surface area contributed by atoms with Crippen LogP contribution in [0, 0.1) is 26.6 Å². The van der Waals surface area contributed by atoms with E-state index in [1.807, 2.05) is 6.92 Å². The number of thiazole rings is 1. The van der Waals surface area contributed by atoms with Crippen molar-refractivity contribution in [3.05, 3.63) is 50.7 Å². The number of hydrogen-bond donors (Lipinski definition) is 0. The molecular formula is C13H12FNOS. The van der Waals surface area contributed by atoms with Crippen molar-refractivity contribution in [3.8, 4) is 0 Å². The largest absolute Gasteiger partial charge is 0.288 e. The number of aryl methyl sites for hydroxylation is 3. The number of hydrogen-bond acceptors (Lipinski definition) is 3. The molecule has 0 spiro atoms. The molecule has 0 unspecified atom stereocenters. The van der Waals surface area contributed by atoms with Gasteiger partial charge in [0.15, 0.2) is 0 Å². The van der Waals surface area contributed by atoms with Gasteiger partial charge >= 0.3 is 0 Å². The number of carbonyl (C=O) groups is 1. The van der Waals surface area contributed by atoms with Crippen molar-refractivity contribution in [2.24, 2.45) is 0 Å². The smallest absolute Gasteiger partial charge is 0.204 e. The van der Waals surface area contributed by atoms with E-state index in [0.717, 1.165) is 10.6 Å². The quantitative estimate of drug-likeness (QED) is 0.763. The third-order valence-electron chi connectivity index (χ3n) is 2.41. The summed E-state index contributed by atoms with van der Waals surface area (Å²) in [5.41, 5.74) is 1.83. The highest BCUT2D eigenvalue weighted by atomic mass is 32.1. The molecular weight excluding hydrogens is 237 g/mol. The standard InChI is InChI=1S/C13H12FNOS/c1-7-4-10(6-11(14)5-7)12(16)13-8(2)15-9(3)17-13/h4-6H,1-3H3. The van der Waals surface area contributed by atoms with Crippen molar-refractivity contribution in [2.45, 2.75) is 20.8 Å². The number of rotatable bonds is 2. The van der Waals surface area contributed by atoms with Gasteiger partial charge in [0.25, 0.3) is 0 Å². The van der Waals surface area contributed by atoms with E-state index in [-0.39, 0.29) is 11.6 Å². The normalized spacial score (nSPS) is 10.6. The lowest BCUT2D eigenvalue weighted by Crippen LogP contribution is -2.02. The predicted octanol–water partition coefficient (Wildman–Crippen LogP) is 3.44. The maximum Gasteiger partial charge on any atom is 0.204 e. The van der Waals surface area contributed by atoms with Crippen LogP contribution in [-0.2, 0) is 0 Å². The van der Waals surface area contributed by atoms with Gasteiger partial charge in [-0.15, -0.1) is 11.3 Å². The molecule has 0 saturated heterocycles. The zero-order valence-corrected chi connectivity index (χ0v) is 10.7. The fourth-order valence-corrected chi connectivity index (χ4v) is 2.62. The Morgan fingerprint density at radius 1 is 1.24 bits per heavy atom. The number of halogens is 1. The maximum atomic E-state index is 13.2. The summed E-state index contributed by atoms with van der Waals surface area (Å²) < 4.78 is 13.2. The summed E-state index contributed by atoms with van der Waals surface area (Å²) in [6.07, 6.45) is 0. The lowest BCUT2D eigenvalue weighted by atomic mass is 10.1. The number of ketones is 1. The number of benzene rings is 1. The molecule has 0 fully saturated rings. The monoisotopic (exact) mass is 249 g/mol. The molecule has 2 aromatic rings. The van der Waals surface area contributed by atoms with E-state index in [2.05, 4.69) is 4.98 Å². The van der Waals surface area contributed by atoms with E-state index in [9.17, 15) is 9.18 Å². The first-order chi connectivity index (χ1) is 7.97. The van der Waals surface area contributed by atoms with Crippen molar-refractivity contribution in [1.82, 2.24) is 4.98 Å². The zero-order chi connectivity index (χ0) is 12.6. The van der Waals surface area contributed by atoms with Crippen LogP contribution in [0.5, 0.6) is 0 Å². The number of nitrogens with zero attached hydrogens (tertiary/aromatic N) is 1. The minimum atomic E-state index is -0.382. The second-order valence-corrected chi connectivity index (χ2v) is 5.20. The van der Waals surface area contributed by atoms with Gasteiger partial charge in [0.2, 0.25) is 5.78 Å². The summed E-state index contributed by atoms with van der Waals surface area (Å²) in [5, 5.41) is 0.846. The molecule has 4 heteroatoms. The van der Waals surface area contributed by atoms with Crippen LogP contribution in [-0.4, -0.2) is 10.8 Å². The molecule has 0 aliphatic heterocycles. The van der Waals surface area contributed by atoms with Gasteiger partial charge in [-0.1, -0.05) is 0 Å². The van der Waals surface area contributed by atoms with Crippen LogP contribution >= 0.6 is 11.3 Å². The third kappa shape index (κ3) is 2.42. The van der Waals surface area contributed by atoms with Gasteiger partial charge in [-0.05, 0) is 44.5 Å². The van der Waals surface area contributed by atoms with E-state index >= 15 is 0 Å². The van der Waals surface area contributed by atoms with E-state index in [1.165, 1.54) is 23.5 Å². The lowest BCUT2D eigenvalue weighted by Gasteiger charge is -2.01. The Labute approximate surface area is 103 Å². The van der Waals surface area contributed by atoms with E-state index in [4.69, 9.17) is 0 Å². The van der Waals surface area contributed by atoms with Gasteiger partial charge < -0.3 is 0 Å². The Hall–Kier alpha value is -1.55. The van der Waals surface area contributed by atoms with Gasteiger partial charge in [-0.2, -0.15) is 0 Å². The maximum absolute atomic E-state index is 13.2. The highest BCUT2D eigenvalue weighted by Crippen LogP contribution is 2.22. The van der Waals surface area contributed by atoms with Gasteiger partial charge in [0.1, 0.15) is 5.82 Å². The lowest BCUT2D eigenvalue weighted by molar-refractivity contribution is 0.104. The van der Waals surface area contributed by atoms with Gasteiger partial charge in [-0.25, -0.2) is 9.37 Å². The average Bonchev–Trinajstić information content (AvgIpc) is 2.55. The van der Waals surface area contributed by atoms with Crippen LogP contribution in [0.4, 0.5) is 4.39 Å². The Morgan fingerprint density at radius 2 is 1.94 bits per heavy atom. The first kappa shape index (κ1) is 11.9. The molecule has 0 radical (unpaired) electrons. The molecule has 0 saturated carbocycles. The summed E-state index contributed by atoms with van der Waals surface area (Å²) >= 11 is 1.35. The van der Waals surface area contributed by atoms with Crippen molar-refractivity contribution < 1.29 is 9.18 Å². The molecule has 0 amide bonds. The second kappa shape index (κ2) is 4.37. The van der Waals surface area contributed by atoms with E-state index < -0.39 is 0 Å². The van der Waals surface area contributed by atoms with Crippen LogP contribution in [0.3, 0.4) is 0 Å². The molecule has 0 atom stereocenters. The second-order valence-electron chi connectivity index (χ2n) is 3.99. The number of aromatic nitrogens is 1. The highest BCUT2D eigenvalue weighted by molar-refractivity contribution is 7.14. The van der Waals surface area contributed by atoms with Crippen molar-refractivity contribution in [1.29, 1.82) is 0 Å². The number of carbonyl (C=O) groups excluding carboxylic acids is 1. The Bertz CT molecular complexity index is 569. The van der Waals surface area contributed by atoms with Crippen LogP contribution in [0.15, 0.2) is 18.2 Å². The Morgan fingerprint density at radius 3 is 2.47 bits per heavy atom. The average molecular weight is 249 g/mol.